The number of carbonyl (C=O) groups excluding carboxylic acids is 1. The molecule has 0 aromatic heterocycles. The van der Waals surface area contributed by atoms with Gasteiger partial charge in [0.25, 0.3) is 5.91 Å². The van der Waals surface area contributed by atoms with Crippen LogP contribution in [0, 0.1) is 0 Å². The van der Waals surface area contributed by atoms with Gasteiger partial charge in [-0.05, 0) is 12.1 Å². The molecule has 1 N–H and O–H groups in total. The van der Waals surface area contributed by atoms with Crippen molar-refractivity contribution in [1.29, 1.82) is 0 Å². The summed E-state index contributed by atoms with van der Waals surface area (Å²) in [7, 11) is -3.51. The number of nitrogens with zero attached hydrogens (tertiary/aromatic N) is 1. The maximum atomic E-state index is 12.4. The highest BCUT2D eigenvalue weighted by Crippen LogP contribution is 2.29. The summed E-state index contributed by atoms with van der Waals surface area (Å²) < 4.78 is 23.3. The molecule has 1 aliphatic rings. The number of benzene rings is 1. The van der Waals surface area contributed by atoms with Crippen LogP contribution in [0.5, 0.6) is 0 Å². The monoisotopic (exact) mass is 336 g/mol. The SMILES string of the molecule is CS(=O)(=O)c1cc(C(=O)N2CCNCC2)c(Cl)cc1Cl. The lowest BCUT2D eigenvalue weighted by Gasteiger charge is -2.28. The number of halogens is 2. The standard InChI is InChI=1S/C12H14Cl2N2O3S/c1-20(18,19)11-6-8(9(13)7-10(11)14)12(17)16-4-2-15-3-5-16/h6-7,15H,2-5H2,1H3. The van der Waals surface area contributed by atoms with Gasteiger partial charge in [0.2, 0.25) is 0 Å². The maximum absolute atomic E-state index is 12.4. The molecule has 1 amide bonds. The Morgan fingerprint density at radius 3 is 2.35 bits per heavy atom. The number of nitrogens with one attached hydrogen (secondary N) is 1. The van der Waals surface area contributed by atoms with Crippen LogP contribution in [0.2, 0.25) is 10.0 Å². The summed E-state index contributed by atoms with van der Waals surface area (Å²) in [5, 5.41) is 3.32. The molecule has 0 unspecified atom stereocenters. The van der Waals surface area contributed by atoms with E-state index >= 15 is 0 Å². The van der Waals surface area contributed by atoms with E-state index in [9.17, 15) is 13.2 Å². The van der Waals surface area contributed by atoms with E-state index in [4.69, 9.17) is 23.2 Å². The molecule has 5 nitrogen and oxygen atoms in total. The van der Waals surface area contributed by atoms with E-state index in [1.54, 1.807) is 4.90 Å². The van der Waals surface area contributed by atoms with Gasteiger partial charge in [0.15, 0.2) is 9.84 Å². The summed E-state index contributed by atoms with van der Waals surface area (Å²) in [6.07, 6.45) is 1.04. The Labute approximate surface area is 127 Å². The van der Waals surface area contributed by atoms with Crippen LogP contribution in [0.25, 0.3) is 0 Å². The minimum Gasteiger partial charge on any atom is -0.336 e. The molecule has 1 aliphatic heterocycles. The van der Waals surface area contributed by atoms with Crippen molar-refractivity contribution >= 4 is 38.9 Å². The van der Waals surface area contributed by atoms with Gasteiger partial charge in [0.1, 0.15) is 0 Å². The predicted molar refractivity (Wildman–Crippen MR) is 78.3 cm³/mol. The third kappa shape index (κ3) is 3.25. The molecule has 110 valence electrons. The van der Waals surface area contributed by atoms with Crippen molar-refractivity contribution in [2.45, 2.75) is 4.90 Å². The lowest BCUT2D eigenvalue weighted by molar-refractivity contribution is 0.0736. The van der Waals surface area contributed by atoms with Crippen LogP contribution in [0.15, 0.2) is 17.0 Å². The van der Waals surface area contributed by atoms with E-state index in [0.29, 0.717) is 26.2 Å². The third-order valence-electron chi connectivity index (χ3n) is 3.06. The van der Waals surface area contributed by atoms with Crippen LogP contribution >= 0.6 is 23.2 Å². The third-order valence-corrected chi connectivity index (χ3v) is 4.93. The average Bonchev–Trinajstić information content (AvgIpc) is 2.37. The molecule has 0 atom stereocenters. The topological polar surface area (TPSA) is 66.5 Å². The summed E-state index contributed by atoms with van der Waals surface area (Å²) in [6.45, 7) is 2.53. The fraction of sp³-hybridized carbons (Fsp3) is 0.417. The highest BCUT2D eigenvalue weighted by molar-refractivity contribution is 7.90. The number of hydrogen-bond acceptors (Lipinski definition) is 4. The number of carbonyl (C=O) groups is 1. The van der Waals surface area contributed by atoms with Crippen LogP contribution < -0.4 is 5.32 Å². The second-order valence-electron chi connectivity index (χ2n) is 4.58. The van der Waals surface area contributed by atoms with Crippen molar-refractivity contribution in [3.8, 4) is 0 Å². The highest BCUT2D eigenvalue weighted by Gasteiger charge is 2.23. The lowest BCUT2D eigenvalue weighted by atomic mass is 10.2. The zero-order valence-corrected chi connectivity index (χ0v) is 13.1. The molecule has 1 aromatic carbocycles. The Kier molecular flexibility index (Phi) is 4.59. The molecule has 1 saturated heterocycles. The molecule has 0 spiro atoms. The molecule has 0 bridgehead atoms. The van der Waals surface area contributed by atoms with E-state index in [2.05, 4.69) is 5.32 Å². The van der Waals surface area contributed by atoms with Crippen molar-refractivity contribution in [3.63, 3.8) is 0 Å². The van der Waals surface area contributed by atoms with E-state index in [-0.39, 0.29) is 26.4 Å². The number of rotatable bonds is 2. The molecular weight excluding hydrogens is 323 g/mol. The fourth-order valence-corrected chi connectivity index (χ4v) is 3.64. The normalized spacial score (nSPS) is 16.2. The summed E-state index contributed by atoms with van der Waals surface area (Å²) in [5.74, 6) is -0.280. The summed E-state index contributed by atoms with van der Waals surface area (Å²) in [5.41, 5.74) is 0.165. The summed E-state index contributed by atoms with van der Waals surface area (Å²) in [6, 6.07) is 2.55. The molecule has 0 saturated carbocycles. The van der Waals surface area contributed by atoms with Crippen LogP contribution in [0.4, 0.5) is 0 Å². The van der Waals surface area contributed by atoms with Crippen LogP contribution in [0.1, 0.15) is 10.4 Å². The fourth-order valence-electron chi connectivity index (χ4n) is 2.02. The van der Waals surface area contributed by atoms with Crippen LogP contribution in [0.3, 0.4) is 0 Å². The first-order valence-electron chi connectivity index (χ1n) is 6.00. The van der Waals surface area contributed by atoms with Gasteiger partial charge in [-0.25, -0.2) is 8.42 Å². The van der Waals surface area contributed by atoms with Gasteiger partial charge in [0.05, 0.1) is 20.5 Å². The van der Waals surface area contributed by atoms with Crippen molar-refractivity contribution in [2.75, 3.05) is 32.4 Å². The van der Waals surface area contributed by atoms with Crippen molar-refractivity contribution in [3.05, 3.63) is 27.7 Å². The lowest BCUT2D eigenvalue weighted by Crippen LogP contribution is -2.46. The Hall–Kier alpha value is -0.820. The van der Waals surface area contributed by atoms with Crippen LogP contribution in [-0.4, -0.2) is 51.7 Å². The van der Waals surface area contributed by atoms with Gasteiger partial charge in [-0.1, -0.05) is 23.2 Å². The smallest absolute Gasteiger partial charge is 0.255 e. The minimum absolute atomic E-state index is 0.0226. The molecule has 2 rings (SSSR count). The molecule has 8 heteroatoms. The quantitative estimate of drug-likeness (QED) is 0.887. The first kappa shape index (κ1) is 15.6. The number of piperazine rings is 1. The molecule has 1 aromatic rings. The van der Waals surface area contributed by atoms with Gasteiger partial charge in [-0.2, -0.15) is 0 Å². The summed E-state index contributed by atoms with van der Waals surface area (Å²) in [4.78, 5) is 13.9. The van der Waals surface area contributed by atoms with Gasteiger partial charge in [-0.15, -0.1) is 0 Å². The van der Waals surface area contributed by atoms with Crippen molar-refractivity contribution < 1.29 is 13.2 Å². The zero-order valence-electron chi connectivity index (χ0n) is 10.8. The molecule has 0 aliphatic carbocycles. The second kappa shape index (κ2) is 5.89. The van der Waals surface area contributed by atoms with Gasteiger partial charge in [0, 0.05) is 32.4 Å². The number of hydrogen-bond donors (Lipinski definition) is 1. The first-order chi connectivity index (χ1) is 9.30. The van der Waals surface area contributed by atoms with Gasteiger partial charge >= 0.3 is 0 Å². The number of sulfone groups is 1. The minimum atomic E-state index is -3.51. The second-order valence-corrected chi connectivity index (χ2v) is 7.38. The van der Waals surface area contributed by atoms with E-state index < -0.39 is 9.84 Å². The van der Waals surface area contributed by atoms with E-state index in [1.807, 2.05) is 0 Å². The Morgan fingerprint density at radius 1 is 1.20 bits per heavy atom. The van der Waals surface area contributed by atoms with Crippen molar-refractivity contribution in [1.82, 2.24) is 10.2 Å². The van der Waals surface area contributed by atoms with Gasteiger partial charge < -0.3 is 10.2 Å². The largest absolute Gasteiger partial charge is 0.336 e. The Morgan fingerprint density at radius 2 is 1.80 bits per heavy atom. The predicted octanol–water partition coefficient (Wildman–Crippen LogP) is 1.44. The molecular formula is C12H14Cl2N2O3S. The van der Waals surface area contributed by atoms with Gasteiger partial charge in [-0.3, -0.25) is 4.79 Å². The van der Waals surface area contributed by atoms with Crippen molar-refractivity contribution in [2.24, 2.45) is 0 Å². The van der Waals surface area contributed by atoms with E-state index in [0.717, 1.165) is 6.26 Å². The zero-order chi connectivity index (χ0) is 14.9. The maximum Gasteiger partial charge on any atom is 0.255 e. The molecule has 1 fully saturated rings. The Balaban J connectivity index is 2.43. The molecule has 0 radical (unpaired) electrons. The first-order valence-corrected chi connectivity index (χ1v) is 8.64. The highest BCUT2D eigenvalue weighted by atomic mass is 35.5. The molecule has 1 heterocycles. The average molecular weight is 337 g/mol. The van der Waals surface area contributed by atoms with E-state index in [1.165, 1.54) is 12.1 Å². The van der Waals surface area contributed by atoms with Crippen LogP contribution in [-0.2, 0) is 9.84 Å². The Bertz CT molecular complexity index is 640. The number of amides is 1. The summed E-state index contributed by atoms with van der Waals surface area (Å²) >= 11 is 11.9. The molecule has 20 heavy (non-hydrogen) atoms.